The van der Waals surface area contributed by atoms with E-state index >= 15 is 0 Å². The van der Waals surface area contributed by atoms with E-state index in [1.807, 2.05) is 18.2 Å². The van der Waals surface area contributed by atoms with Crippen LogP contribution in [0.15, 0.2) is 48.5 Å². The fourth-order valence-corrected chi connectivity index (χ4v) is 3.15. The van der Waals surface area contributed by atoms with Crippen molar-refractivity contribution in [2.24, 2.45) is 0 Å². The zero-order valence-corrected chi connectivity index (χ0v) is 16.3. The van der Waals surface area contributed by atoms with Gasteiger partial charge in [-0.15, -0.1) is 0 Å². The predicted molar refractivity (Wildman–Crippen MR) is 107 cm³/mol. The summed E-state index contributed by atoms with van der Waals surface area (Å²) in [4.78, 5) is 49.6. The Bertz CT molecular complexity index is 934. The molecule has 0 aromatic heterocycles. The molecule has 1 aliphatic rings. The number of ether oxygens (including phenoxy) is 1. The Morgan fingerprint density at radius 1 is 1.00 bits per heavy atom. The minimum absolute atomic E-state index is 0.254. The molecule has 2 aromatic carbocycles. The molecule has 0 fully saturated rings. The molecule has 1 heterocycles. The molecule has 29 heavy (non-hydrogen) atoms. The normalized spacial score (nSPS) is 13.8. The fourth-order valence-electron chi connectivity index (χ4n) is 3.15. The molecule has 3 amide bonds. The van der Waals surface area contributed by atoms with Gasteiger partial charge in [-0.3, -0.25) is 24.1 Å². The summed E-state index contributed by atoms with van der Waals surface area (Å²) < 4.78 is 4.96. The molecule has 0 saturated carbocycles. The average Bonchev–Trinajstić information content (AvgIpc) is 2.97. The molecule has 7 nitrogen and oxygen atoms in total. The summed E-state index contributed by atoms with van der Waals surface area (Å²) in [6.45, 7) is 3.08. The number of fused-ring (bicyclic) bond motifs is 1. The molecule has 0 spiro atoms. The van der Waals surface area contributed by atoms with Gasteiger partial charge in [0.05, 0.1) is 11.1 Å². The summed E-state index contributed by atoms with van der Waals surface area (Å²) in [7, 11) is 0. The van der Waals surface area contributed by atoms with Crippen molar-refractivity contribution < 1.29 is 23.9 Å². The summed E-state index contributed by atoms with van der Waals surface area (Å²) in [5.74, 6) is -2.15. The van der Waals surface area contributed by atoms with E-state index in [1.54, 1.807) is 18.2 Å². The molecule has 0 radical (unpaired) electrons. The number of hydrogen-bond donors (Lipinski definition) is 1. The Morgan fingerprint density at radius 3 is 2.21 bits per heavy atom. The van der Waals surface area contributed by atoms with E-state index in [4.69, 9.17) is 4.74 Å². The van der Waals surface area contributed by atoms with Crippen LogP contribution in [0.25, 0.3) is 0 Å². The highest BCUT2D eigenvalue weighted by Gasteiger charge is 2.36. The van der Waals surface area contributed by atoms with Crippen LogP contribution >= 0.6 is 0 Å². The second-order valence-electron chi connectivity index (χ2n) is 6.85. The smallest absolute Gasteiger partial charge is 0.326 e. The summed E-state index contributed by atoms with van der Waals surface area (Å²) >= 11 is 0. The van der Waals surface area contributed by atoms with Gasteiger partial charge in [-0.2, -0.15) is 0 Å². The Hall–Kier alpha value is -3.48. The third-order valence-corrected chi connectivity index (χ3v) is 4.91. The Morgan fingerprint density at radius 2 is 1.59 bits per heavy atom. The number of anilines is 1. The molecule has 0 aliphatic carbocycles. The van der Waals surface area contributed by atoms with Gasteiger partial charge < -0.3 is 10.1 Å². The van der Waals surface area contributed by atoms with E-state index < -0.39 is 36.8 Å². The van der Waals surface area contributed by atoms with Crippen molar-refractivity contribution in [2.75, 3.05) is 18.5 Å². The summed E-state index contributed by atoms with van der Waals surface area (Å²) in [6.07, 6.45) is 0.919. The first-order valence-electron chi connectivity index (χ1n) is 9.42. The van der Waals surface area contributed by atoms with Gasteiger partial charge in [0.1, 0.15) is 6.54 Å². The topological polar surface area (TPSA) is 92.8 Å². The number of nitrogens with zero attached hydrogens (tertiary/aromatic N) is 1. The van der Waals surface area contributed by atoms with Crippen LogP contribution in [0.3, 0.4) is 0 Å². The second kappa shape index (κ2) is 8.68. The highest BCUT2D eigenvalue weighted by atomic mass is 16.5. The highest BCUT2D eigenvalue weighted by Crippen LogP contribution is 2.26. The molecule has 0 unspecified atom stereocenters. The average molecular weight is 394 g/mol. The summed E-state index contributed by atoms with van der Waals surface area (Å²) in [6, 6.07) is 13.8. The Labute approximate surface area is 168 Å². The van der Waals surface area contributed by atoms with Crippen LogP contribution in [0.1, 0.15) is 52.5 Å². The molecular weight excluding hydrogens is 372 g/mol. The van der Waals surface area contributed by atoms with E-state index in [9.17, 15) is 19.2 Å². The van der Waals surface area contributed by atoms with E-state index in [-0.39, 0.29) is 17.0 Å². The zero-order chi connectivity index (χ0) is 21.0. The minimum Gasteiger partial charge on any atom is -0.454 e. The third-order valence-electron chi connectivity index (χ3n) is 4.91. The van der Waals surface area contributed by atoms with E-state index in [0.717, 1.165) is 16.9 Å². The lowest BCUT2D eigenvalue weighted by atomic mass is 9.97. The number of benzene rings is 2. The van der Waals surface area contributed by atoms with Gasteiger partial charge in [0.15, 0.2) is 6.61 Å². The largest absolute Gasteiger partial charge is 0.454 e. The van der Waals surface area contributed by atoms with E-state index in [2.05, 4.69) is 19.2 Å². The first kappa shape index (κ1) is 20.3. The van der Waals surface area contributed by atoms with Crippen molar-refractivity contribution in [2.45, 2.75) is 26.2 Å². The van der Waals surface area contributed by atoms with Gasteiger partial charge in [-0.05, 0) is 36.1 Å². The number of para-hydroxylation sites is 1. The number of amides is 3. The van der Waals surface area contributed by atoms with Crippen LogP contribution < -0.4 is 5.32 Å². The van der Waals surface area contributed by atoms with Crippen LogP contribution in [-0.4, -0.2) is 41.7 Å². The van der Waals surface area contributed by atoms with Gasteiger partial charge in [-0.1, -0.05) is 44.2 Å². The minimum atomic E-state index is -0.829. The maximum atomic E-state index is 12.3. The zero-order valence-electron chi connectivity index (χ0n) is 16.3. The second-order valence-corrected chi connectivity index (χ2v) is 6.85. The number of carbonyl (C=O) groups is 4. The van der Waals surface area contributed by atoms with Crippen molar-refractivity contribution in [3.63, 3.8) is 0 Å². The molecule has 0 bridgehead atoms. The molecule has 1 atom stereocenters. The first-order valence-corrected chi connectivity index (χ1v) is 9.42. The van der Waals surface area contributed by atoms with Gasteiger partial charge >= 0.3 is 5.97 Å². The van der Waals surface area contributed by atoms with Crippen molar-refractivity contribution in [1.82, 2.24) is 4.90 Å². The van der Waals surface area contributed by atoms with Crippen LogP contribution in [0.4, 0.5) is 5.69 Å². The van der Waals surface area contributed by atoms with Gasteiger partial charge in [0.2, 0.25) is 0 Å². The monoisotopic (exact) mass is 394 g/mol. The van der Waals surface area contributed by atoms with Crippen LogP contribution in [0.5, 0.6) is 0 Å². The molecule has 150 valence electrons. The lowest BCUT2D eigenvalue weighted by Crippen LogP contribution is -2.36. The summed E-state index contributed by atoms with van der Waals surface area (Å²) in [5, 5.41) is 2.74. The maximum Gasteiger partial charge on any atom is 0.326 e. The molecule has 0 saturated heterocycles. The van der Waals surface area contributed by atoms with Crippen molar-refractivity contribution in [3.8, 4) is 0 Å². The van der Waals surface area contributed by atoms with Gasteiger partial charge in [0, 0.05) is 5.69 Å². The van der Waals surface area contributed by atoms with Crippen LogP contribution in [0, 0.1) is 0 Å². The number of hydrogen-bond acceptors (Lipinski definition) is 5. The van der Waals surface area contributed by atoms with Gasteiger partial charge in [-0.25, -0.2) is 0 Å². The standard InChI is InChI=1S/C22H22N2O5/c1-3-14(2)15-8-6-7-11-18(15)23-19(25)13-29-20(26)12-24-21(27)16-9-4-5-10-17(16)22(24)28/h4-11,14H,3,12-13H2,1-2H3,(H,23,25)/t14-/m0/s1. The number of imide groups is 1. The van der Waals surface area contributed by atoms with Crippen LogP contribution in [0.2, 0.25) is 0 Å². The molecular formula is C22H22N2O5. The van der Waals surface area contributed by atoms with Crippen LogP contribution in [-0.2, 0) is 14.3 Å². The SMILES string of the molecule is CC[C@H](C)c1ccccc1NC(=O)COC(=O)CN1C(=O)c2ccccc2C1=O. The van der Waals surface area contributed by atoms with Gasteiger partial charge in [0.25, 0.3) is 17.7 Å². The predicted octanol–water partition coefficient (Wildman–Crippen LogP) is 2.98. The summed E-state index contributed by atoms with van der Waals surface area (Å²) in [5.41, 5.74) is 2.18. The Kier molecular flexibility index (Phi) is 6.07. The van der Waals surface area contributed by atoms with E-state index in [1.165, 1.54) is 12.1 Å². The number of esters is 1. The van der Waals surface area contributed by atoms with Crippen molar-refractivity contribution in [3.05, 3.63) is 65.2 Å². The maximum absolute atomic E-state index is 12.3. The highest BCUT2D eigenvalue weighted by molar-refractivity contribution is 6.22. The molecule has 2 aromatic rings. The first-order chi connectivity index (χ1) is 13.9. The van der Waals surface area contributed by atoms with Crippen molar-refractivity contribution >= 4 is 29.4 Å². The van der Waals surface area contributed by atoms with Crippen molar-refractivity contribution in [1.29, 1.82) is 0 Å². The molecule has 3 rings (SSSR count). The number of nitrogens with one attached hydrogen (secondary N) is 1. The Balaban J connectivity index is 1.55. The number of rotatable bonds is 7. The fraction of sp³-hybridized carbons (Fsp3) is 0.273. The lowest BCUT2D eigenvalue weighted by molar-refractivity contribution is -0.147. The molecule has 7 heteroatoms. The molecule has 1 aliphatic heterocycles. The molecule has 1 N–H and O–H groups in total. The van der Waals surface area contributed by atoms with E-state index in [0.29, 0.717) is 5.69 Å². The lowest BCUT2D eigenvalue weighted by Gasteiger charge is -2.16. The number of carbonyl (C=O) groups excluding carboxylic acids is 4. The third kappa shape index (κ3) is 4.34. The quantitative estimate of drug-likeness (QED) is 0.576.